The normalized spacial score (nSPS) is 38.4. The van der Waals surface area contributed by atoms with Crippen molar-refractivity contribution in [3.63, 3.8) is 0 Å². The molecular formula is C16H24F2N2O2. The van der Waals surface area contributed by atoms with E-state index in [0.29, 0.717) is 30.6 Å². The molecule has 0 bridgehead atoms. The Morgan fingerprint density at radius 1 is 0.909 bits per heavy atom. The number of alkyl halides is 2. The standard InChI is InChI=1S/C8H11F2NO.C8H13NO/c1-5-7-6(12-11-5)3-2-4-8(7,9)10;1-6-7-4-2-3-5-8(7)10-9-6/h6-7H,2-4H2,1H3;7-8H,2-5H2,1H3/t6-,7-;/m1./s1. The summed E-state index contributed by atoms with van der Waals surface area (Å²) in [5.74, 6) is -2.70. The van der Waals surface area contributed by atoms with Crippen LogP contribution in [-0.2, 0) is 9.68 Å². The van der Waals surface area contributed by atoms with Gasteiger partial charge in [0, 0.05) is 12.3 Å². The summed E-state index contributed by atoms with van der Waals surface area (Å²) in [4.78, 5) is 10.2. The lowest BCUT2D eigenvalue weighted by molar-refractivity contribution is -0.109. The van der Waals surface area contributed by atoms with Crippen molar-refractivity contribution in [2.45, 2.75) is 76.9 Å². The molecule has 0 aromatic carbocycles. The molecule has 2 aliphatic heterocycles. The Hall–Kier alpha value is -1.20. The summed E-state index contributed by atoms with van der Waals surface area (Å²) < 4.78 is 26.5. The van der Waals surface area contributed by atoms with E-state index in [1.807, 2.05) is 0 Å². The van der Waals surface area contributed by atoms with E-state index in [1.165, 1.54) is 31.4 Å². The SMILES string of the molecule is CC1=NOC2CCCCC12.CC1=NO[C@@H]2CCCC(F)(F)[C@H]12. The first-order valence-corrected chi connectivity index (χ1v) is 8.27. The van der Waals surface area contributed by atoms with Gasteiger partial charge in [-0.1, -0.05) is 16.7 Å². The number of fused-ring (bicyclic) bond motifs is 2. The highest BCUT2D eigenvalue weighted by Crippen LogP contribution is 2.43. The fourth-order valence-corrected chi connectivity index (χ4v) is 3.95. The van der Waals surface area contributed by atoms with Gasteiger partial charge in [0.25, 0.3) is 5.92 Å². The zero-order chi connectivity index (χ0) is 15.7. The molecule has 0 saturated heterocycles. The first-order chi connectivity index (χ1) is 10.5. The zero-order valence-electron chi connectivity index (χ0n) is 13.2. The van der Waals surface area contributed by atoms with Gasteiger partial charge in [-0.2, -0.15) is 0 Å². The molecule has 2 fully saturated rings. The van der Waals surface area contributed by atoms with Gasteiger partial charge in [-0.05, 0) is 46.0 Å². The van der Waals surface area contributed by atoms with Gasteiger partial charge >= 0.3 is 0 Å². The van der Waals surface area contributed by atoms with Crippen LogP contribution < -0.4 is 0 Å². The number of hydrogen-bond acceptors (Lipinski definition) is 4. The maximum absolute atomic E-state index is 13.2. The Balaban J connectivity index is 0.000000133. The predicted molar refractivity (Wildman–Crippen MR) is 80.2 cm³/mol. The summed E-state index contributed by atoms with van der Waals surface area (Å²) in [7, 11) is 0. The van der Waals surface area contributed by atoms with Gasteiger partial charge in [-0.3, -0.25) is 0 Å². The van der Waals surface area contributed by atoms with Gasteiger partial charge in [-0.25, -0.2) is 8.78 Å². The average molecular weight is 314 g/mol. The Morgan fingerprint density at radius 2 is 1.55 bits per heavy atom. The van der Waals surface area contributed by atoms with E-state index in [0.717, 1.165) is 0 Å². The lowest BCUT2D eigenvalue weighted by atomic mass is 9.81. The number of rotatable bonds is 0. The Morgan fingerprint density at radius 3 is 2.27 bits per heavy atom. The molecule has 0 spiro atoms. The lowest BCUT2D eigenvalue weighted by Gasteiger charge is -2.31. The van der Waals surface area contributed by atoms with E-state index in [2.05, 4.69) is 17.2 Å². The maximum atomic E-state index is 13.2. The molecule has 2 saturated carbocycles. The summed E-state index contributed by atoms with van der Waals surface area (Å²) in [5.41, 5.74) is 1.66. The minimum atomic E-state index is -2.60. The summed E-state index contributed by atoms with van der Waals surface area (Å²) in [6.07, 6.45) is 6.48. The Kier molecular flexibility index (Phi) is 4.37. The van der Waals surface area contributed by atoms with Gasteiger partial charge in [0.1, 0.15) is 18.1 Å². The number of halogens is 2. The highest BCUT2D eigenvalue weighted by Gasteiger charge is 2.52. The summed E-state index contributed by atoms with van der Waals surface area (Å²) in [6.45, 7) is 3.69. The van der Waals surface area contributed by atoms with E-state index in [1.54, 1.807) is 6.92 Å². The molecule has 0 radical (unpaired) electrons. The zero-order valence-corrected chi connectivity index (χ0v) is 13.2. The van der Waals surface area contributed by atoms with Crippen LogP contribution in [0.4, 0.5) is 8.78 Å². The quantitative estimate of drug-likeness (QED) is 0.674. The second-order valence-electron chi connectivity index (χ2n) is 6.77. The van der Waals surface area contributed by atoms with E-state index >= 15 is 0 Å². The van der Waals surface area contributed by atoms with E-state index in [4.69, 9.17) is 9.68 Å². The van der Waals surface area contributed by atoms with Crippen LogP contribution in [0.1, 0.15) is 58.8 Å². The monoisotopic (exact) mass is 314 g/mol. The van der Waals surface area contributed by atoms with Crippen LogP contribution in [0, 0.1) is 11.8 Å². The third kappa shape index (κ3) is 2.97. The molecular weight excluding hydrogens is 290 g/mol. The second-order valence-corrected chi connectivity index (χ2v) is 6.77. The molecule has 4 atom stereocenters. The number of oxime groups is 2. The molecule has 6 heteroatoms. The molecule has 0 aromatic rings. The molecule has 4 aliphatic rings. The molecule has 0 N–H and O–H groups in total. The van der Waals surface area contributed by atoms with Crippen LogP contribution in [0.15, 0.2) is 10.3 Å². The third-order valence-corrected chi connectivity index (χ3v) is 5.18. The molecule has 0 aromatic heterocycles. The van der Waals surface area contributed by atoms with Crippen LogP contribution in [0.3, 0.4) is 0 Å². The Bertz CT molecular complexity index is 479. The van der Waals surface area contributed by atoms with Crippen molar-refractivity contribution in [1.82, 2.24) is 0 Å². The van der Waals surface area contributed by atoms with Crippen molar-refractivity contribution in [1.29, 1.82) is 0 Å². The molecule has 4 nitrogen and oxygen atoms in total. The smallest absolute Gasteiger partial charge is 0.259 e. The van der Waals surface area contributed by atoms with E-state index in [9.17, 15) is 8.78 Å². The fourth-order valence-electron chi connectivity index (χ4n) is 3.95. The van der Waals surface area contributed by atoms with Crippen LogP contribution in [0.2, 0.25) is 0 Å². The highest BCUT2D eigenvalue weighted by atomic mass is 19.3. The lowest BCUT2D eigenvalue weighted by Crippen LogP contribution is -2.42. The van der Waals surface area contributed by atoms with E-state index in [-0.39, 0.29) is 12.5 Å². The predicted octanol–water partition coefficient (Wildman–Crippen LogP) is 4.15. The maximum Gasteiger partial charge on any atom is 0.259 e. The van der Waals surface area contributed by atoms with Gasteiger partial charge in [0.2, 0.25) is 0 Å². The average Bonchev–Trinajstić information content (AvgIpc) is 3.05. The van der Waals surface area contributed by atoms with Crippen molar-refractivity contribution < 1.29 is 18.5 Å². The van der Waals surface area contributed by atoms with Gasteiger partial charge in [-0.15, -0.1) is 0 Å². The fraction of sp³-hybridized carbons (Fsp3) is 0.875. The molecule has 4 rings (SSSR count). The van der Waals surface area contributed by atoms with Crippen molar-refractivity contribution >= 4 is 11.4 Å². The van der Waals surface area contributed by atoms with Crippen LogP contribution in [0.5, 0.6) is 0 Å². The summed E-state index contributed by atoms with van der Waals surface area (Å²) >= 11 is 0. The van der Waals surface area contributed by atoms with Crippen molar-refractivity contribution in [2.75, 3.05) is 0 Å². The van der Waals surface area contributed by atoms with Crippen LogP contribution >= 0.6 is 0 Å². The van der Waals surface area contributed by atoms with Crippen molar-refractivity contribution in [2.24, 2.45) is 22.1 Å². The van der Waals surface area contributed by atoms with Crippen molar-refractivity contribution in [3.8, 4) is 0 Å². The molecule has 0 amide bonds. The van der Waals surface area contributed by atoms with Crippen molar-refractivity contribution in [3.05, 3.63) is 0 Å². The second kappa shape index (κ2) is 6.13. The largest absolute Gasteiger partial charge is 0.392 e. The number of nitrogens with zero attached hydrogens (tertiary/aromatic N) is 2. The van der Waals surface area contributed by atoms with Crippen LogP contribution in [0.25, 0.3) is 0 Å². The molecule has 22 heavy (non-hydrogen) atoms. The van der Waals surface area contributed by atoms with Gasteiger partial charge in [0.15, 0.2) is 0 Å². The number of hydrogen-bond donors (Lipinski definition) is 0. The van der Waals surface area contributed by atoms with E-state index < -0.39 is 11.8 Å². The third-order valence-electron chi connectivity index (χ3n) is 5.18. The van der Waals surface area contributed by atoms with Crippen LogP contribution in [-0.4, -0.2) is 29.6 Å². The van der Waals surface area contributed by atoms with Gasteiger partial charge < -0.3 is 9.68 Å². The summed E-state index contributed by atoms with van der Waals surface area (Å²) in [5, 5.41) is 7.61. The first-order valence-electron chi connectivity index (χ1n) is 8.27. The molecule has 2 unspecified atom stereocenters. The first kappa shape index (κ1) is 15.7. The highest BCUT2D eigenvalue weighted by molar-refractivity contribution is 5.86. The molecule has 124 valence electrons. The Labute approximate surface area is 129 Å². The van der Waals surface area contributed by atoms with Gasteiger partial charge in [0.05, 0.1) is 11.4 Å². The minimum absolute atomic E-state index is 0.0234. The summed E-state index contributed by atoms with van der Waals surface area (Å²) in [6, 6.07) is 0. The topological polar surface area (TPSA) is 43.2 Å². The minimum Gasteiger partial charge on any atom is -0.392 e. The molecule has 2 aliphatic carbocycles. The molecule has 2 heterocycles.